The van der Waals surface area contributed by atoms with E-state index in [1.165, 1.54) is 23.0 Å². The van der Waals surface area contributed by atoms with E-state index in [1.807, 2.05) is 0 Å². The lowest BCUT2D eigenvalue weighted by molar-refractivity contribution is -0.115. The summed E-state index contributed by atoms with van der Waals surface area (Å²) in [5.74, 6) is 0.178. The lowest BCUT2D eigenvalue weighted by Crippen LogP contribution is -2.17. The Hall–Kier alpha value is -2.44. The number of carbonyl (C=O) groups is 1. The van der Waals surface area contributed by atoms with Gasteiger partial charge in [-0.1, -0.05) is 35.3 Å². The Bertz CT molecular complexity index is 925. The third-order valence-electron chi connectivity index (χ3n) is 3.37. The molecule has 0 fully saturated rings. The second-order valence-electron chi connectivity index (χ2n) is 5.39. The number of rotatable bonds is 4. The Morgan fingerprint density at radius 3 is 2.64 bits per heavy atom. The van der Waals surface area contributed by atoms with Gasteiger partial charge in [-0.15, -0.1) is 0 Å². The van der Waals surface area contributed by atoms with Gasteiger partial charge in [0.05, 0.1) is 22.2 Å². The number of halogens is 3. The molecule has 1 amide bonds. The van der Waals surface area contributed by atoms with Gasteiger partial charge in [-0.3, -0.25) is 4.79 Å². The molecule has 0 radical (unpaired) electrons. The SMILES string of the molecule is Cc1cc(NC(=O)Cc2ccc(F)cc2)n(-c2ncc(Cl)cc2Cl)n1. The number of hydrogen-bond donors (Lipinski definition) is 1. The fourth-order valence-corrected chi connectivity index (χ4v) is 2.75. The van der Waals surface area contributed by atoms with Gasteiger partial charge >= 0.3 is 0 Å². The third kappa shape index (κ3) is 4.15. The summed E-state index contributed by atoms with van der Waals surface area (Å²) < 4.78 is 14.4. The zero-order valence-electron chi connectivity index (χ0n) is 13.1. The van der Waals surface area contributed by atoms with Crippen LogP contribution in [0.3, 0.4) is 0 Å². The molecule has 1 N–H and O–H groups in total. The van der Waals surface area contributed by atoms with Gasteiger partial charge in [-0.25, -0.2) is 9.37 Å². The molecule has 0 unspecified atom stereocenters. The van der Waals surface area contributed by atoms with Crippen molar-refractivity contribution < 1.29 is 9.18 Å². The third-order valence-corrected chi connectivity index (χ3v) is 3.85. The van der Waals surface area contributed by atoms with Gasteiger partial charge < -0.3 is 5.32 Å². The monoisotopic (exact) mass is 378 g/mol. The second-order valence-corrected chi connectivity index (χ2v) is 6.24. The highest BCUT2D eigenvalue weighted by molar-refractivity contribution is 6.35. The summed E-state index contributed by atoms with van der Waals surface area (Å²) in [4.78, 5) is 16.4. The van der Waals surface area contributed by atoms with Crippen LogP contribution in [0.25, 0.3) is 5.82 Å². The quantitative estimate of drug-likeness (QED) is 0.739. The highest BCUT2D eigenvalue weighted by Gasteiger charge is 2.15. The van der Waals surface area contributed by atoms with Gasteiger partial charge in [-0.05, 0) is 30.7 Å². The van der Waals surface area contributed by atoms with Crippen molar-refractivity contribution in [1.82, 2.24) is 14.8 Å². The van der Waals surface area contributed by atoms with Gasteiger partial charge in [0.2, 0.25) is 5.91 Å². The lowest BCUT2D eigenvalue weighted by atomic mass is 10.1. The molecule has 128 valence electrons. The Morgan fingerprint density at radius 1 is 1.24 bits per heavy atom. The summed E-state index contributed by atoms with van der Waals surface area (Å²) >= 11 is 12.0. The van der Waals surface area contributed by atoms with Crippen LogP contribution in [-0.2, 0) is 11.2 Å². The number of benzene rings is 1. The fourth-order valence-electron chi connectivity index (χ4n) is 2.29. The summed E-state index contributed by atoms with van der Waals surface area (Å²) in [6.07, 6.45) is 1.55. The lowest BCUT2D eigenvalue weighted by Gasteiger charge is -2.09. The first-order chi connectivity index (χ1) is 11.9. The summed E-state index contributed by atoms with van der Waals surface area (Å²) in [5.41, 5.74) is 1.38. The fraction of sp³-hybridized carbons (Fsp3) is 0.118. The van der Waals surface area contributed by atoms with E-state index in [-0.39, 0.29) is 18.1 Å². The molecule has 2 heterocycles. The van der Waals surface area contributed by atoms with E-state index in [1.54, 1.807) is 31.2 Å². The maximum atomic E-state index is 12.9. The number of amides is 1. The van der Waals surface area contributed by atoms with Crippen LogP contribution in [0.2, 0.25) is 10.0 Å². The summed E-state index contributed by atoms with van der Waals surface area (Å²) in [6.45, 7) is 1.79. The van der Waals surface area contributed by atoms with Crippen LogP contribution >= 0.6 is 23.2 Å². The van der Waals surface area contributed by atoms with Crippen LogP contribution in [0, 0.1) is 12.7 Å². The van der Waals surface area contributed by atoms with Crippen molar-refractivity contribution in [3.8, 4) is 5.82 Å². The van der Waals surface area contributed by atoms with Crippen LogP contribution in [0.4, 0.5) is 10.2 Å². The van der Waals surface area contributed by atoms with E-state index in [9.17, 15) is 9.18 Å². The Kier molecular flexibility index (Phi) is 5.01. The van der Waals surface area contributed by atoms with E-state index >= 15 is 0 Å². The van der Waals surface area contributed by atoms with Crippen LogP contribution in [0.5, 0.6) is 0 Å². The first-order valence-electron chi connectivity index (χ1n) is 7.35. The molecule has 25 heavy (non-hydrogen) atoms. The van der Waals surface area contributed by atoms with Crippen molar-refractivity contribution >= 4 is 34.9 Å². The predicted octanol–water partition coefficient (Wildman–Crippen LogP) is 4.20. The van der Waals surface area contributed by atoms with Crippen molar-refractivity contribution in [3.63, 3.8) is 0 Å². The molecule has 2 aromatic heterocycles. The molecule has 0 atom stereocenters. The van der Waals surface area contributed by atoms with Crippen LogP contribution in [-0.4, -0.2) is 20.7 Å². The average molecular weight is 379 g/mol. The van der Waals surface area contributed by atoms with E-state index in [4.69, 9.17) is 23.2 Å². The Labute approximate surface area is 153 Å². The molecule has 0 aliphatic carbocycles. The standard InChI is InChI=1S/C17H13Cl2FN4O/c1-10-6-15(22-16(25)7-11-2-4-13(20)5-3-11)24(23-10)17-14(19)8-12(18)9-21-17/h2-6,8-9H,7H2,1H3,(H,22,25). The van der Waals surface area contributed by atoms with E-state index in [0.29, 0.717) is 32.9 Å². The Morgan fingerprint density at radius 2 is 1.96 bits per heavy atom. The topological polar surface area (TPSA) is 59.8 Å². The maximum Gasteiger partial charge on any atom is 0.229 e. The molecule has 3 rings (SSSR count). The van der Waals surface area contributed by atoms with Crippen LogP contribution < -0.4 is 5.32 Å². The highest BCUT2D eigenvalue weighted by atomic mass is 35.5. The summed E-state index contributed by atoms with van der Waals surface area (Å²) in [5, 5.41) is 7.79. The average Bonchev–Trinajstić information content (AvgIpc) is 2.89. The number of anilines is 1. The number of aryl methyl sites for hydroxylation is 1. The molecule has 0 spiro atoms. The summed E-state index contributed by atoms with van der Waals surface area (Å²) in [7, 11) is 0. The smallest absolute Gasteiger partial charge is 0.229 e. The normalized spacial score (nSPS) is 10.7. The minimum Gasteiger partial charge on any atom is -0.310 e. The van der Waals surface area contributed by atoms with Crippen molar-refractivity contribution in [1.29, 1.82) is 0 Å². The van der Waals surface area contributed by atoms with E-state index in [0.717, 1.165) is 0 Å². The molecule has 5 nitrogen and oxygen atoms in total. The number of nitrogens with one attached hydrogen (secondary N) is 1. The molecule has 8 heteroatoms. The van der Waals surface area contributed by atoms with Gasteiger partial charge in [0.1, 0.15) is 11.6 Å². The van der Waals surface area contributed by atoms with Crippen molar-refractivity contribution in [3.05, 3.63) is 69.7 Å². The van der Waals surface area contributed by atoms with E-state index < -0.39 is 0 Å². The van der Waals surface area contributed by atoms with E-state index in [2.05, 4.69) is 15.4 Å². The number of aromatic nitrogens is 3. The first-order valence-corrected chi connectivity index (χ1v) is 8.10. The van der Waals surface area contributed by atoms with Crippen molar-refractivity contribution in [2.75, 3.05) is 5.32 Å². The summed E-state index contributed by atoms with van der Waals surface area (Å²) in [6, 6.07) is 9.01. The van der Waals surface area contributed by atoms with Crippen molar-refractivity contribution in [2.45, 2.75) is 13.3 Å². The minimum absolute atomic E-state index is 0.103. The molecule has 0 saturated heterocycles. The molecular weight excluding hydrogens is 366 g/mol. The zero-order valence-corrected chi connectivity index (χ0v) is 14.6. The van der Waals surface area contributed by atoms with Crippen molar-refractivity contribution in [2.24, 2.45) is 0 Å². The molecule has 0 saturated carbocycles. The van der Waals surface area contributed by atoms with Crippen LogP contribution in [0.15, 0.2) is 42.6 Å². The molecule has 1 aromatic carbocycles. The number of hydrogen-bond acceptors (Lipinski definition) is 3. The van der Waals surface area contributed by atoms with Gasteiger partial charge in [0, 0.05) is 12.3 Å². The second kappa shape index (κ2) is 7.21. The Balaban J connectivity index is 1.83. The van der Waals surface area contributed by atoms with Crippen LogP contribution in [0.1, 0.15) is 11.3 Å². The predicted molar refractivity (Wildman–Crippen MR) is 94.8 cm³/mol. The molecular formula is C17H13Cl2FN4O. The number of nitrogens with zero attached hydrogens (tertiary/aromatic N) is 3. The van der Waals surface area contributed by atoms with Gasteiger partial charge in [0.25, 0.3) is 0 Å². The van der Waals surface area contributed by atoms with Gasteiger partial charge in [0.15, 0.2) is 5.82 Å². The molecule has 0 aliphatic heterocycles. The molecule has 0 aliphatic rings. The molecule has 0 bridgehead atoms. The minimum atomic E-state index is -0.346. The van der Waals surface area contributed by atoms with Gasteiger partial charge in [-0.2, -0.15) is 9.78 Å². The number of pyridine rings is 1. The zero-order chi connectivity index (χ0) is 18.0. The largest absolute Gasteiger partial charge is 0.310 e. The molecule has 3 aromatic rings. The maximum absolute atomic E-state index is 12.9. The number of carbonyl (C=O) groups excluding carboxylic acids is 1. The highest BCUT2D eigenvalue weighted by Crippen LogP contribution is 2.25. The first kappa shape index (κ1) is 17.4.